The van der Waals surface area contributed by atoms with Gasteiger partial charge < -0.3 is 10.1 Å². The maximum absolute atomic E-state index is 12.3. The summed E-state index contributed by atoms with van der Waals surface area (Å²) in [5, 5.41) is 11.5. The van der Waals surface area contributed by atoms with E-state index in [1.54, 1.807) is 12.1 Å². The number of aromatic amines is 1. The Kier molecular flexibility index (Phi) is 6.49. The number of anilines is 1. The molecule has 0 fully saturated rings. The van der Waals surface area contributed by atoms with E-state index in [1.807, 2.05) is 57.2 Å². The van der Waals surface area contributed by atoms with Crippen molar-refractivity contribution in [1.29, 1.82) is 0 Å². The summed E-state index contributed by atoms with van der Waals surface area (Å²) in [6.07, 6.45) is -1.18. The summed E-state index contributed by atoms with van der Waals surface area (Å²) in [6, 6.07) is 14.0. The van der Waals surface area contributed by atoms with Gasteiger partial charge in [-0.3, -0.25) is 15.2 Å². The molecule has 3 amide bonds. The van der Waals surface area contributed by atoms with Crippen LogP contribution in [0.2, 0.25) is 0 Å². The van der Waals surface area contributed by atoms with Gasteiger partial charge in [0.25, 0.3) is 5.91 Å². The Hall–Kier alpha value is -3.94. The number of amides is 3. The second kappa shape index (κ2) is 9.25. The lowest BCUT2D eigenvalue weighted by Crippen LogP contribution is -2.41. The number of carbonyl (C=O) groups excluding carboxylic acids is 3. The first-order valence-electron chi connectivity index (χ1n) is 9.75. The zero-order chi connectivity index (χ0) is 22.5. The molecule has 0 unspecified atom stereocenters. The quantitative estimate of drug-likeness (QED) is 0.542. The third-order valence-electron chi connectivity index (χ3n) is 4.66. The van der Waals surface area contributed by atoms with Crippen molar-refractivity contribution in [2.75, 3.05) is 5.32 Å². The summed E-state index contributed by atoms with van der Waals surface area (Å²) in [4.78, 5) is 36.7. The molecule has 0 saturated carbocycles. The van der Waals surface area contributed by atoms with Gasteiger partial charge in [0, 0.05) is 11.3 Å². The number of urea groups is 1. The molecule has 0 radical (unpaired) electrons. The minimum Gasteiger partial charge on any atom is -0.448 e. The molecule has 2 aromatic carbocycles. The van der Waals surface area contributed by atoms with Crippen molar-refractivity contribution < 1.29 is 19.1 Å². The molecule has 1 heterocycles. The number of hydrogen-bond donors (Lipinski definition) is 3. The highest BCUT2D eigenvalue weighted by Gasteiger charge is 2.22. The predicted octanol–water partition coefficient (Wildman–Crippen LogP) is 3.90. The van der Waals surface area contributed by atoms with Crippen LogP contribution in [0.5, 0.6) is 0 Å². The number of aromatic nitrogens is 2. The second-order valence-electron chi connectivity index (χ2n) is 7.34. The van der Waals surface area contributed by atoms with Crippen LogP contribution in [0, 0.1) is 20.8 Å². The van der Waals surface area contributed by atoms with Gasteiger partial charge in [0.1, 0.15) is 5.69 Å². The first-order chi connectivity index (χ1) is 14.7. The van der Waals surface area contributed by atoms with E-state index in [1.165, 1.54) is 6.92 Å². The van der Waals surface area contributed by atoms with Gasteiger partial charge in [-0.05, 0) is 45.4 Å². The minimum absolute atomic E-state index is 0.106. The van der Waals surface area contributed by atoms with Crippen molar-refractivity contribution in [2.24, 2.45) is 0 Å². The summed E-state index contributed by atoms with van der Waals surface area (Å²) < 4.78 is 5.15. The molecule has 3 aromatic rings. The molecule has 3 rings (SSSR count). The number of nitrogens with one attached hydrogen (secondary N) is 3. The first-order valence-corrected chi connectivity index (χ1v) is 9.75. The molecule has 8 heteroatoms. The number of H-pyrrole nitrogens is 1. The van der Waals surface area contributed by atoms with Gasteiger partial charge in [0.15, 0.2) is 6.10 Å². The van der Waals surface area contributed by atoms with Crippen LogP contribution in [0.1, 0.15) is 34.1 Å². The van der Waals surface area contributed by atoms with E-state index in [0.29, 0.717) is 11.4 Å². The summed E-state index contributed by atoms with van der Waals surface area (Å²) in [5.74, 6) is -1.49. The van der Waals surface area contributed by atoms with Crippen LogP contribution in [-0.2, 0) is 9.53 Å². The minimum atomic E-state index is -1.18. The Morgan fingerprint density at radius 3 is 2.32 bits per heavy atom. The van der Waals surface area contributed by atoms with Crippen molar-refractivity contribution in [3.63, 3.8) is 0 Å². The van der Waals surface area contributed by atoms with Crippen molar-refractivity contribution in [2.45, 2.75) is 33.8 Å². The van der Waals surface area contributed by atoms with Gasteiger partial charge >= 0.3 is 12.0 Å². The number of rotatable bonds is 5. The largest absolute Gasteiger partial charge is 0.448 e. The fraction of sp³-hybridized carbons (Fsp3) is 0.217. The summed E-state index contributed by atoms with van der Waals surface area (Å²) in [6.45, 7) is 7.16. The van der Waals surface area contributed by atoms with Gasteiger partial charge in [-0.25, -0.2) is 9.59 Å². The topological polar surface area (TPSA) is 113 Å². The number of carbonyl (C=O) groups is 3. The Labute approximate surface area is 180 Å². The SMILES string of the molecule is Cc1ccc(-c2cc(C(=O)O[C@@H](C)C(=O)NC(=O)Nc3ccc(C)cc3C)[nH]n2)cc1. The molecule has 8 nitrogen and oxygen atoms in total. The standard InChI is InChI=1S/C23H24N4O4/c1-13-5-8-17(9-6-13)19-12-20(27-26-19)22(29)31-16(4)21(28)25-23(30)24-18-10-7-14(2)11-15(18)3/h5-12,16H,1-4H3,(H,26,27)(H2,24,25,28,30)/t16-/m0/s1. The molecule has 0 spiro atoms. The van der Waals surface area contributed by atoms with Gasteiger partial charge in [0.05, 0.1) is 5.69 Å². The maximum atomic E-state index is 12.3. The highest BCUT2D eigenvalue weighted by atomic mass is 16.5. The molecule has 3 N–H and O–H groups in total. The van der Waals surface area contributed by atoms with Gasteiger partial charge in [-0.2, -0.15) is 5.10 Å². The molecular formula is C23H24N4O4. The zero-order valence-corrected chi connectivity index (χ0v) is 17.8. The third-order valence-corrected chi connectivity index (χ3v) is 4.66. The second-order valence-corrected chi connectivity index (χ2v) is 7.34. The average Bonchev–Trinajstić information content (AvgIpc) is 3.21. The maximum Gasteiger partial charge on any atom is 0.357 e. The van der Waals surface area contributed by atoms with E-state index in [4.69, 9.17) is 4.74 Å². The molecule has 160 valence electrons. The highest BCUT2D eigenvalue weighted by molar-refractivity contribution is 6.03. The summed E-state index contributed by atoms with van der Waals surface area (Å²) in [7, 11) is 0. The first kappa shape index (κ1) is 21.8. The Morgan fingerprint density at radius 2 is 1.65 bits per heavy atom. The van der Waals surface area contributed by atoms with E-state index in [9.17, 15) is 14.4 Å². The van der Waals surface area contributed by atoms with Gasteiger partial charge in [-0.15, -0.1) is 0 Å². The monoisotopic (exact) mass is 420 g/mol. The highest BCUT2D eigenvalue weighted by Crippen LogP contribution is 2.19. The van der Waals surface area contributed by atoms with Gasteiger partial charge in [0.2, 0.25) is 0 Å². The lowest BCUT2D eigenvalue weighted by atomic mass is 10.1. The molecule has 0 aliphatic heterocycles. The van der Waals surface area contributed by atoms with E-state index < -0.39 is 24.0 Å². The number of nitrogens with zero attached hydrogens (tertiary/aromatic N) is 1. The normalized spacial score (nSPS) is 11.5. The van der Waals surface area contributed by atoms with Crippen molar-refractivity contribution in [3.05, 3.63) is 70.9 Å². The van der Waals surface area contributed by atoms with Crippen molar-refractivity contribution in [3.8, 4) is 11.3 Å². The van der Waals surface area contributed by atoms with Crippen LogP contribution in [0.25, 0.3) is 11.3 Å². The number of ether oxygens (including phenoxy) is 1. The molecule has 0 bridgehead atoms. The van der Waals surface area contributed by atoms with E-state index >= 15 is 0 Å². The molecule has 1 atom stereocenters. The van der Waals surface area contributed by atoms with E-state index in [0.717, 1.165) is 22.3 Å². The lowest BCUT2D eigenvalue weighted by molar-refractivity contribution is -0.127. The van der Waals surface area contributed by atoms with Crippen LogP contribution in [0.15, 0.2) is 48.5 Å². The molecule has 0 saturated heterocycles. The zero-order valence-electron chi connectivity index (χ0n) is 17.8. The molecular weight excluding hydrogens is 396 g/mol. The number of hydrogen-bond acceptors (Lipinski definition) is 5. The molecule has 0 aliphatic carbocycles. The Bertz CT molecular complexity index is 1120. The number of esters is 1. The van der Waals surface area contributed by atoms with Crippen LogP contribution in [-0.4, -0.2) is 34.2 Å². The summed E-state index contributed by atoms with van der Waals surface area (Å²) >= 11 is 0. The van der Waals surface area contributed by atoms with Crippen LogP contribution < -0.4 is 10.6 Å². The molecule has 0 aliphatic rings. The predicted molar refractivity (Wildman–Crippen MR) is 117 cm³/mol. The number of aryl methyl sites for hydroxylation is 3. The van der Waals surface area contributed by atoms with Crippen molar-refractivity contribution >= 4 is 23.6 Å². The smallest absolute Gasteiger partial charge is 0.357 e. The van der Waals surface area contributed by atoms with E-state index in [-0.39, 0.29) is 5.69 Å². The average molecular weight is 420 g/mol. The summed E-state index contributed by atoms with van der Waals surface area (Å²) in [5.41, 5.74) is 5.15. The van der Waals surface area contributed by atoms with Crippen LogP contribution >= 0.6 is 0 Å². The number of benzene rings is 2. The van der Waals surface area contributed by atoms with Crippen LogP contribution in [0.3, 0.4) is 0 Å². The Balaban J connectivity index is 1.56. The van der Waals surface area contributed by atoms with Crippen molar-refractivity contribution in [1.82, 2.24) is 15.5 Å². The molecule has 1 aromatic heterocycles. The lowest BCUT2D eigenvalue weighted by Gasteiger charge is -2.13. The fourth-order valence-electron chi connectivity index (χ4n) is 2.90. The third kappa shape index (κ3) is 5.57. The fourth-order valence-corrected chi connectivity index (χ4v) is 2.90. The number of imide groups is 1. The van der Waals surface area contributed by atoms with Gasteiger partial charge in [-0.1, -0.05) is 47.5 Å². The van der Waals surface area contributed by atoms with E-state index in [2.05, 4.69) is 20.8 Å². The van der Waals surface area contributed by atoms with Crippen LogP contribution in [0.4, 0.5) is 10.5 Å². The molecule has 31 heavy (non-hydrogen) atoms. The Morgan fingerprint density at radius 1 is 0.968 bits per heavy atom.